The van der Waals surface area contributed by atoms with Gasteiger partial charge in [-0.05, 0) is 245 Å². The van der Waals surface area contributed by atoms with E-state index in [9.17, 15) is 33.6 Å². The predicted octanol–water partition coefficient (Wildman–Crippen LogP) is 15.5. The second-order valence-electron chi connectivity index (χ2n) is 37.5. The summed E-state index contributed by atoms with van der Waals surface area (Å²) >= 11 is 0. The zero-order valence-corrected chi connectivity index (χ0v) is 66.8. The van der Waals surface area contributed by atoms with E-state index in [-0.39, 0.29) is 90.7 Å². The minimum atomic E-state index is -0.722. The first-order chi connectivity index (χ1) is 45.6. The van der Waals surface area contributed by atoms with Crippen molar-refractivity contribution >= 4 is 41.5 Å². The second-order valence-corrected chi connectivity index (χ2v) is 37.5. The number of likely N-dealkylation sites (tertiary alicyclic amines) is 1. The lowest BCUT2D eigenvalue weighted by molar-refractivity contribution is -0.140. The molecule has 1 saturated heterocycles. The van der Waals surface area contributed by atoms with Gasteiger partial charge in [-0.25, -0.2) is 4.79 Å². The molecule has 0 aromatic carbocycles. The molecule has 4 aliphatic carbocycles. The highest BCUT2D eigenvalue weighted by Crippen LogP contribution is 2.67. The maximum absolute atomic E-state index is 13.6. The van der Waals surface area contributed by atoms with E-state index in [1.807, 2.05) is 125 Å². The number of rotatable bonds is 42. The first kappa shape index (κ1) is 85.5. The lowest BCUT2D eigenvalue weighted by Gasteiger charge is -2.58. The molecule has 1 unspecified atom stereocenters. The summed E-state index contributed by atoms with van der Waals surface area (Å²) in [4.78, 5) is 92.2. The quantitative estimate of drug-likeness (QED) is 0.0284. The minimum absolute atomic E-state index is 0.0532. The zero-order chi connectivity index (χ0) is 74.4. The minimum Gasteiger partial charge on any atom is -0.446 e. The van der Waals surface area contributed by atoms with Crippen molar-refractivity contribution in [3.8, 4) is 0 Å². The molecule has 1 heterocycles. The third-order valence-corrected chi connectivity index (χ3v) is 24.0. The molecule has 0 aromatic heterocycles. The first-order valence-electron chi connectivity index (χ1n) is 38.9. The van der Waals surface area contributed by atoms with Gasteiger partial charge in [-0.15, -0.1) is 0 Å². The van der Waals surface area contributed by atoms with Crippen LogP contribution in [-0.2, 0) is 52.5 Å². The molecule has 7 amide bonds. The number of nitrogens with one attached hydrogen (secondary N) is 5. The molecule has 1 aliphatic heterocycles. The van der Waals surface area contributed by atoms with Crippen LogP contribution >= 0.6 is 0 Å². The van der Waals surface area contributed by atoms with Crippen molar-refractivity contribution in [3.63, 3.8) is 0 Å². The van der Waals surface area contributed by atoms with Gasteiger partial charge in [0.05, 0.1) is 22.4 Å². The summed E-state index contributed by atoms with van der Waals surface area (Å²) in [6, 6.07) is 0. The fourth-order valence-electron chi connectivity index (χ4n) is 16.8. The van der Waals surface area contributed by atoms with Crippen LogP contribution in [0.3, 0.4) is 0 Å². The SMILES string of the molecule is CC(C)CCC[C@@H](C)[C@H]1CC[C@H]2[C@@H]3CC=C4C[C@@H](OC(=O)NCCC(C)(C)OCCC(C)(C)NC(=O)CCC(C)(C)OCCC(C)(C)NC(=O)CCC(C)(C)OCCC(C)(C)NC(=O)C(C)(C)CCOC(C)(C)CCNC(=O)CCN5C(=O)CC(C(C)C)C5=O)CC[C@]4(C)[C@H]3CC[C@]12C. The molecular formula is C81H144N6O12. The van der Waals surface area contributed by atoms with Gasteiger partial charge in [-0.3, -0.25) is 33.7 Å². The molecule has 5 rings (SSSR count). The number of carbonyl (C=O) groups is 7. The molecule has 9 atom stereocenters. The van der Waals surface area contributed by atoms with E-state index in [1.54, 1.807) is 0 Å². The molecule has 0 spiro atoms. The Morgan fingerprint density at radius 1 is 0.556 bits per heavy atom. The molecule has 4 fully saturated rings. The number of nitrogens with zero attached hydrogens (tertiary/aromatic N) is 1. The Kier molecular flexibility index (Phi) is 30.7. The van der Waals surface area contributed by atoms with Crippen molar-refractivity contribution < 1.29 is 57.2 Å². The van der Waals surface area contributed by atoms with E-state index in [2.05, 4.69) is 67.3 Å². The summed E-state index contributed by atoms with van der Waals surface area (Å²) in [5.74, 6) is 3.70. The number of allylic oxidation sites excluding steroid dienone is 1. The van der Waals surface area contributed by atoms with Gasteiger partial charge in [0, 0.05) is 106 Å². The molecule has 5 N–H and O–H groups in total. The van der Waals surface area contributed by atoms with Crippen LogP contribution in [0.1, 0.15) is 307 Å². The molecule has 0 bridgehead atoms. The van der Waals surface area contributed by atoms with Gasteiger partial charge in [-0.1, -0.05) is 93.2 Å². The lowest BCUT2D eigenvalue weighted by Crippen LogP contribution is -2.51. The van der Waals surface area contributed by atoms with Gasteiger partial charge in [0.15, 0.2) is 0 Å². The fourth-order valence-corrected chi connectivity index (χ4v) is 16.8. The molecular weight excluding hydrogens is 1250 g/mol. The van der Waals surface area contributed by atoms with Crippen LogP contribution in [0.2, 0.25) is 0 Å². The molecule has 18 heteroatoms. The van der Waals surface area contributed by atoms with Crippen LogP contribution in [0.5, 0.6) is 0 Å². The zero-order valence-electron chi connectivity index (χ0n) is 66.8. The highest BCUT2D eigenvalue weighted by atomic mass is 16.6. The third-order valence-electron chi connectivity index (χ3n) is 24.0. The van der Waals surface area contributed by atoms with E-state index in [0.717, 1.165) is 54.8 Å². The third kappa shape index (κ3) is 26.8. The normalized spacial score (nSPS) is 24.5. The molecule has 18 nitrogen and oxygen atoms in total. The van der Waals surface area contributed by atoms with Crippen LogP contribution in [0.15, 0.2) is 11.6 Å². The number of fused-ring (bicyclic) bond motifs is 5. The van der Waals surface area contributed by atoms with Crippen molar-refractivity contribution in [2.75, 3.05) is 46.1 Å². The summed E-state index contributed by atoms with van der Waals surface area (Å²) < 4.78 is 31.3. The Bertz CT molecular complexity index is 2710. The standard InChI is InChI=1S/C81H144N6O12/c1-55(2)25-24-26-57(5)62-29-30-63-60-28-27-58-53-59(31-38-80(58,22)64(60)32-39-81(62,63)23)99-71(94)83-47-41-79(20,21)98-51-44-74(10,11)85-67(90)33-36-76(14,15)96-50-43-73(8,9)84-66(89)34-37-77(16,17)97-52-45-75(12,13)86-70(93)72(6,7)42-49-95-78(18,19)40-46-82-65(88)35-48-87-68(91)54-61(56(3)4)69(87)92/h27,55-57,59-64H,24-26,28-54H2,1-23H3,(H,82,88)(H,83,94)(H,84,89)(H,85,90)(H,86,93)/t57-,59+,60+,61?,62-,63+,64+,80+,81-/m1/s1. The van der Waals surface area contributed by atoms with Gasteiger partial charge < -0.3 is 50.3 Å². The smallest absolute Gasteiger partial charge is 0.407 e. The average Bonchev–Trinajstić information content (AvgIpc) is 1.69. The Hall–Kier alpha value is -4.13. The van der Waals surface area contributed by atoms with Crippen molar-refractivity contribution in [3.05, 3.63) is 11.6 Å². The number of carbonyl (C=O) groups excluding carboxylic acids is 7. The van der Waals surface area contributed by atoms with E-state index < -0.39 is 44.4 Å². The van der Waals surface area contributed by atoms with Crippen LogP contribution in [0, 0.1) is 63.6 Å². The summed E-state index contributed by atoms with van der Waals surface area (Å²) in [6.07, 6.45) is 21.0. The number of amides is 7. The van der Waals surface area contributed by atoms with Crippen LogP contribution in [0.25, 0.3) is 0 Å². The van der Waals surface area contributed by atoms with E-state index in [4.69, 9.17) is 23.7 Å². The number of ether oxygens (including phenoxy) is 5. The van der Waals surface area contributed by atoms with Crippen molar-refractivity contribution in [1.82, 2.24) is 31.5 Å². The van der Waals surface area contributed by atoms with Crippen LogP contribution in [0.4, 0.5) is 4.79 Å². The molecule has 99 heavy (non-hydrogen) atoms. The summed E-state index contributed by atoms with van der Waals surface area (Å²) in [5, 5.41) is 15.5. The Morgan fingerprint density at radius 3 is 1.58 bits per heavy atom. The number of hydrogen-bond acceptors (Lipinski definition) is 12. The molecule has 0 radical (unpaired) electrons. The summed E-state index contributed by atoms with van der Waals surface area (Å²) in [5.41, 5.74) is -2.31. The van der Waals surface area contributed by atoms with E-state index in [1.165, 1.54) is 61.8 Å². The highest BCUT2D eigenvalue weighted by molar-refractivity contribution is 6.03. The summed E-state index contributed by atoms with van der Waals surface area (Å²) in [7, 11) is 0. The number of imide groups is 1. The van der Waals surface area contributed by atoms with Gasteiger partial charge in [-0.2, -0.15) is 0 Å². The maximum atomic E-state index is 13.6. The lowest BCUT2D eigenvalue weighted by atomic mass is 9.47. The van der Waals surface area contributed by atoms with E-state index in [0.29, 0.717) is 103 Å². The topological polar surface area (TPSA) is 229 Å². The summed E-state index contributed by atoms with van der Waals surface area (Å²) in [6.45, 7) is 50.4. The molecule has 0 aromatic rings. The average molecular weight is 1390 g/mol. The van der Waals surface area contributed by atoms with Gasteiger partial charge >= 0.3 is 6.09 Å². The molecule has 3 saturated carbocycles. The number of hydrogen-bond donors (Lipinski definition) is 5. The van der Waals surface area contributed by atoms with Crippen molar-refractivity contribution in [1.29, 1.82) is 0 Å². The Balaban J connectivity index is 0.893. The van der Waals surface area contributed by atoms with Crippen molar-refractivity contribution in [2.45, 2.75) is 352 Å². The largest absolute Gasteiger partial charge is 0.446 e. The predicted molar refractivity (Wildman–Crippen MR) is 395 cm³/mol. The Morgan fingerprint density at radius 2 is 1.06 bits per heavy atom. The first-order valence-corrected chi connectivity index (χ1v) is 38.9. The maximum Gasteiger partial charge on any atom is 0.407 e. The van der Waals surface area contributed by atoms with Gasteiger partial charge in [0.2, 0.25) is 35.4 Å². The van der Waals surface area contributed by atoms with Crippen LogP contribution < -0.4 is 26.6 Å². The highest BCUT2D eigenvalue weighted by Gasteiger charge is 2.59. The second kappa shape index (κ2) is 35.6. The van der Waals surface area contributed by atoms with Gasteiger partial charge in [0.1, 0.15) is 6.10 Å². The van der Waals surface area contributed by atoms with E-state index >= 15 is 0 Å². The van der Waals surface area contributed by atoms with Gasteiger partial charge in [0.25, 0.3) is 0 Å². The van der Waals surface area contributed by atoms with Crippen LogP contribution in [-0.4, -0.2) is 138 Å². The Labute approximate surface area is 600 Å². The number of alkyl carbamates (subject to hydrolysis) is 1. The fraction of sp³-hybridized carbons (Fsp3) is 0.889. The molecule has 570 valence electrons. The molecule has 5 aliphatic rings. The monoisotopic (exact) mass is 1390 g/mol. The van der Waals surface area contributed by atoms with Crippen molar-refractivity contribution in [2.24, 2.45) is 63.6 Å².